The zero-order valence-electron chi connectivity index (χ0n) is 14.2. The maximum Gasteiger partial charge on any atom is 0.276 e. The molecule has 0 unspecified atom stereocenters. The summed E-state index contributed by atoms with van der Waals surface area (Å²) in [6, 6.07) is 9.20. The van der Waals surface area contributed by atoms with Crippen LogP contribution in [0.4, 0.5) is 0 Å². The van der Waals surface area contributed by atoms with Gasteiger partial charge in [-0.05, 0) is 44.2 Å². The van der Waals surface area contributed by atoms with Gasteiger partial charge in [-0.3, -0.25) is 0 Å². The van der Waals surface area contributed by atoms with Crippen molar-refractivity contribution in [2.24, 2.45) is 5.10 Å². The predicted octanol–water partition coefficient (Wildman–Crippen LogP) is 4.10. The highest BCUT2D eigenvalue weighted by atomic mass is 35.5. The van der Waals surface area contributed by atoms with E-state index in [0.29, 0.717) is 30.3 Å². The Labute approximate surface area is 162 Å². The molecule has 0 aliphatic heterocycles. The first-order valence-corrected chi connectivity index (χ1v) is 10.0. The molecule has 26 heavy (non-hydrogen) atoms. The first-order chi connectivity index (χ1) is 12.4. The topological polar surface area (TPSA) is 77.0 Å². The van der Waals surface area contributed by atoms with Crippen LogP contribution in [0.3, 0.4) is 0 Å². The smallest absolute Gasteiger partial charge is 0.276 e. The lowest BCUT2D eigenvalue weighted by Gasteiger charge is -2.10. The molecule has 140 valence electrons. The normalized spacial score (nSPS) is 11.5. The summed E-state index contributed by atoms with van der Waals surface area (Å²) in [4.78, 5) is 2.09. The van der Waals surface area contributed by atoms with Crippen LogP contribution in [-0.4, -0.2) is 27.8 Å². The van der Waals surface area contributed by atoms with E-state index in [0.717, 1.165) is 0 Å². The van der Waals surface area contributed by atoms with Gasteiger partial charge < -0.3 is 9.47 Å². The maximum absolute atomic E-state index is 12.3. The van der Waals surface area contributed by atoms with E-state index in [1.54, 1.807) is 18.2 Å². The number of hydrogen-bond acceptors (Lipinski definition) is 5. The third-order valence-corrected chi connectivity index (χ3v) is 5.13. The second-order valence-electron chi connectivity index (χ2n) is 4.99. The average Bonchev–Trinajstić information content (AvgIpc) is 2.59. The highest BCUT2D eigenvalue weighted by Crippen LogP contribution is 2.25. The molecule has 0 aromatic heterocycles. The van der Waals surface area contributed by atoms with Crippen molar-refractivity contribution >= 4 is 39.4 Å². The van der Waals surface area contributed by atoms with Crippen LogP contribution in [0.2, 0.25) is 10.0 Å². The molecule has 0 radical (unpaired) electrons. The van der Waals surface area contributed by atoms with Crippen LogP contribution in [0.1, 0.15) is 19.4 Å². The summed E-state index contributed by atoms with van der Waals surface area (Å²) in [5.41, 5.74) is 0.604. The molecule has 9 heteroatoms. The lowest BCUT2D eigenvalue weighted by atomic mass is 10.2. The summed E-state index contributed by atoms with van der Waals surface area (Å²) < 4.78 is 35.5. The van der Waals surface area contributed by atoms with Crippen LogP contribution in [0.15, 0.2) is 46.4 Å². The molecule has 0 spiro atoms. The fourth-order valence-corrected chi connectivity index (χ4v) is 3.20. The molecule has 0 aliphatic rings. The fourth-order valence-electron chi connectivity index (χ4n) is 2.02. The number of rotatable bonds is 8. The summed E-state index contributed by atoms with van der Waals surface area (Å²) in [5.74, 6) is 1.19. The zero-order valence-corrected chi connectivity index (χ0v) is 16.5. The van der Waals surface area contributed by atoms with E-state index in [-0.39, 0.29) is 14.9 Å². The number of hydrogen-bond donors (Lipinski definition) is 1. The van der Waals surface area contributed by atoms with Gasteiger partial charge in [0.25, 0.3) is 10.0 Å². The van der Waals surface area contributed by atoms with Gasteiger partial charge in [0.2, 0.25) is 0 Å². The van der Waals surface area contributed by atoms with E-state index in [2.05, 4.69) is 9.93 Å². The SMILES string of the molecule is CCOc1ccc(/C=N/NS(=O)(=O)c2ccc(Cl)c(Cl)c2)c(OCC)c1. The quantitative estimate of drug-likeness (QED) is 0.518. The molecular formula is C17H18Cl2N2O4S. The third kappa shape index (κ3) is 5.27. The van der Waals surface area contributed by atoms with Gasteiger partial charge in [-0.1, -0.05) is 23.2 Å². The van der Waals surface area contributed by atoms with Crippen molar-refractivity contribution in [1.29, 1.82) is 0 Å². The zero-order chi connectivity index (χ0) is 19.2. The van der Waals surface area contributed by atoms with Gasteiger partial charge in [-0.2, -0.15) is 13.5 Å². The van der Waals surface area contributed by atoms with Crippen molar-refractivity contribution in [1.82, 2.24) is 4.83 Å². The van der Waals surface area contributed by atoms with Gasteiger partial charge in [0.15, 0.2) is 0 Å². The molecule has 0 saturated carbocycles. The minimum Gasteiger partial charge on any atom is -0.494 e. The van der Waals surface area contributed by atoms with Gasteiger partial charge >= 0.3 is 0 Å². The van der Waals surface area contributed by atoms with E-state index in [4.69, 9.17) is 32.7 Å². The third-order valence-electron chi connectivity index (χ3n) is 3.17. The summed E-state index contributed by atoms with van der Waals surface area (Å²) in [6.45, 7) is 4.71. The minimum absolute atomic E-state index is 0.0409. The molecule has 2 rings (SSSR count). The molecule has 1 N–H and O–H groups in total. The number of nitrogens with one attached hydrogen (secondary N) is 1. The van der Waals surface area contributed by atoms with E-state index in [1.807, 2.05) is 13.8 Å². The first kappa shape index (κ1) is 20.4. The van der Waals surface area contributed by atoms with Crippen molar-refractivity contribution in [2.45, 2.75) is 18.7 Å². The number of sulfonamides is 1. The van der Waals surface area contributed by atoms with Gasteiger partial charge in [0.1, 0.15) is 11.5 Å². The Balaban J connectivity index is 2.19. The summed E-state index contributed by atoms with van der Waals surface area (Å²) in [7, 11) is -3.87. The number of nitrogens with zero attached hydrogens (tertiary/aromatic N) is 1. The van der Waals surface area contributed by atoms with Gasteiger partial charge in [0.05, 0.1) is 34.4 Å². The van der Waals surface area contributed by atoms with Crippen LogP contribution >= 0.6 is 23.2 Å². The fraction of sp³-hybridized carbons (Fsp3) is 0.235. The van der Waals surface area contributed by atoms with Crippen LogP contribution < -0.4 is 14.3 Å². The number of ether oxygens (including phenoxy) is 2. The molecule has 0 atom stereocenters. The van der Waals surface area contributed by atoms with Crippen LogP contribution in [0.25, 0.3) is 0 Å². The molecule has 0 saturated heterocycles. The monoisotopic (exact) mass is 416 g/mol. The predicted molar refractivity (Wildman–Crippen MR) is 103 cm³/mol. The Bertz CT molecular complexity index is 902. The lowest BCUT2D eigenvalue weighted by molar-refractivity contribution is 0.323. The van der Waals surface area contributed by atoms with Gasteiger partial charge in [-0.25, -0.2) is 4.83 Å². The highest BCUT2D eigenvalue weighted by molar-refractivity contribution is 7.89. The lowest BCUT2D eigenvalue weighted by Crippen LogP contribution is -2.18. The Morgan fingerprint density at radius 2 is 1.77 bits per heavy atom. The molecular weight excluding hydrogens is 399 g/mol. The van der Waals surface area contributed by atoms with Gasteiger partial charge in [0, 0.05) is 11.6 Å². The van der Waals surface area contributed by atoms with Crippen molar-refractivity contribution < 1.29 is 17.9 Å². The Morgan fingerprint density at radius 3 is 2.42 bits per heavy atom. The summed E-state index contributed by atoms with van der Waals surface area (Å²) in [6.07, 6.45) is 1.36. The maximum atomic E-state index is 12.3. The molecule has 0 bridgehead atoms. The molecule has 2 aromatic rings. The van der Waals surface area contributed by atoms with Crippen LogP contribution in [0, 0.1) is 0 Å². The van der Waals surface area contributed by atoms with Crippen LogP contribution in [0.5, 0.6) is 11.5 Å². The molecule has 0 aliphatic carbocycles. The van der Waals surface area contributed by atoms with Crippen LogP contribution in [-0.2, 0) is 10.0 Å². The molecule has 0 heterocycles. The van der Waals surface area contributed by atoms with Gasteiger partial charge in [-0.15, -0.1) is 0 Å². The van der Waals surface area contributed by atoms with Crippen molar-refractivity contribution in [3.63, 3.8) is 0 Å². The van der Waals surface area contributed by atoms with Crippen molar-refractivity contribution in [3.8, 4) is 11.5 Å². The minimum atomic E-state index is -3.87. The summed E-state index contributed by atoms with van der Waals surface area (Å²) in [5, 5.41) is 4.21. The first-order valence-electron chi connectivity index (χ1n) is 7.77. The van der Waals surface area contributed by atoms with E-state index < -0.39 is 10.0 Å². The highest BCUT2D eigenvalue weighted by Gasteiger charge is 2.14. The second kappa shape index (κ2) is 9.12. The van der Waals surface area contributed by atoms with E-state index in [9.17, 15) is 8.42 Å². The number of hydrazone groups is 1. The standard InChI is InChI=1S/C17H18Cl2N2O4S/c1-3-24-13-6-5-12(17(9-13)25-4-2)11-20-21-26(22,23)14-7-8-15(18)16(19)10-14/h5-11,21H,3-4H2,1-2H3/b20-11+. The average molecular weight is 417 g/mol. The largest absolute Gasteiger partial charge is 0.494 e. The van der Waals surface area contributed by atoms with Crippen molar-refractivity contribution in [2.75, 3.05) is 13.2 Å². The molecule has 0 fully saturated rings. The Kier molecular flexibility index (Phi) is 7.14. The molecule has 2 aromatic carbocycles. The molecule has 6 nitrogen and oxygen atoms in total. The van der Waals surface area contributed by atoms with E-state index in [1.165, 1.54) is 24.4 Å². The molecule has 0 amide bonds. The number of benzene rings is 2. The summed E-state index contributed by atoms with van der Waals surface area (Å²) >= 11 is 11.7. The Morgan fingerprint density at radius 1 is 1.04 bits per heavy atom. The van der Waals surface area contributed by atoms with E-state index >= 15 is 0 Å². The second-order valence-corrected chi connectivity index (χ2v) is 7.47. The Hall–Kier alpha value is -1.96. The number of halogens is 2. The van der Waals surface area contributed by atoms with Crippen molar-refractivity contribution in [3.05, 3.63) is 52.0 Å².